The minimum atomic E-state index is -4.54. The Labute approximate surface area is 200 Å². The van der Waals surface area contributed by atoms with Crippen LogP contribution in [-0.2, 0) is 13.0 Å². The van der Waals surface area contributed by atoms with Gasteiger partial charge in [0.05, 0.1) is 26.5 Å². The van der Waals surface area contributed by atoms with Gasteiger partial charge in [0, 0.05) is 19.5 Å². The SMILES string of the molecule is COc1ccc(C2CC(C(F)(F)F)n3ncc(C(=O)N4CCc5ccccc5C4)c3N2)cc1OC. The first kappa shape index (κ1) is 23.1. The van der Waals surface area contributed by atoms with Crippen molar-refractivity contribution in [2.24, 2.45) is 0 Å². The van der Waals surface area contributed by atoms with Crippen LogP contribution in [0.5, 0.6) is 11.5 Å². The number of methoxy groups -OCH3 is 2. The molecule has 35 heavy (non-hydrogen) atoms. The van der Waals surface area contributed by atoms with Crippen LogP contribution in [0.3, 0.4) is 0 Å². The number of benzene rings is 2. The maximum absolute atomic E-state index is 14.1. The zero-order valence-electron chi connectivity index (χ0n) is 19.3. The van der Waals surface area contributed by atoms with Crippen LogP contribution in [0.15, 0.2) is 48.7 Å². The third kappa shape index (κ3) is 4.17. The second-order valence-corrected chi connectivity index (χ2v) is 8.70. The molecule has 0 radical (unpaired) electrons. The van der Waals surface area contributed by atoms with Crippen molar-refractivity contribution in [1.29, 1.82) is 0 Å². The average molecular weight is 486 g/mol. The molecule has 2 atom stereocenters. The summed E-state index contributed by atoms with van der Waals surface area (Å²) < 4.78 is 53.7. The summed E-state index contributed by atoms with van der Waals surface area (Å²) in [6, 6.07) is 10.3. The lowest BCUT2D eigenvalue weighted by molar-refractivity contribution is -0.173. The maximum Gasteiger partial charge on any atom is 0.410 e. The number of hydrogen-bond donors (Lipinski definition) is 1. The second kappa shape index (κ2) is 8.83. The Morgan fingerprint density at radius 2 is 1.83 bits per heavy atom. The number of ether oxygens (including phenoxy) is 2. The molecule has 2 aromatic carbocycles. The lowest BCUT2D eigenvalue weighted by Crippen LogP contribution is -2.38. The summed E-state index contributed by atoms with van der Waals surface area (Å²) >= 11 is 0. The predicted molar refractivity (Wildman–Crippen MR) is 123 cm³/mol. The zero-order chi connectivity index (χ0) is 24.7. The molecule has 0 saturated carbocycles. The zero-order valence-corrected chi connectivity index (χ0v) is 19.3. The Kier molecular flexibility index (Phi) is 5.82. The Morgan fingerprint density at radius 3 is 2.54 bits per heavy atom. The molecular weight excluding hydrogens is 461 g/mol. The molecule has 0 aliphatic carbocycles. The fraction of sp³-hybridized carbons (Fsp3) is 0.360. The third-order valence-electron chi connectivity index (χ3n) is 6.70. The number of anilines is 1. The van der Waals surface area contributed by atoms with Gasteiger partial charge in [-0.15, -0.1) is 0 Å². The fourth-order valence-electron chi connectivity index (χ4n) is 4.85. The highest BCUT2D eigenvalue weighted by Gasteiger charge is 2.47. The quantitative estimate of drug-likeness (QED) is 0.576. The number of aromatic nitrogens is 2. The monoisotopic (exact) mass is 486 g/mol. The summed E-state index contributed by atoms with van der Waals surface area (Å²) in [5.74, 6) is 0.618. The Balaban J connectivity index is 1.49. The summed E-state index contributed by atoms with van der Waals surface area (Å²) in [6.45, 7) is 0.893. The number of nitrogens with one attached hydrogen (secondary N) is 1. The van der Waals surface area contributed by atoms with Crippen molar-refractivity contribution < 1.29 is 27.4 Å². The standard InChI is InChI=1S/C25H25F3N4O3/c1-34-20-8-7-16(11-21(20)35-2)19-12-22(25(26,27)28)32-23(30-19)18(13-29-32)24(33)31-10-9-15-5-3-4-6-17(15)14-31/h3-8,11,13,19,22,30H,9-10,12,14H2,1-2H3. The van der Waals surface area contributed by atoms with Gasteiger partial charge in [0.15, 0.2) is 17.5 Å². The first-order valence-corrected chi connectivity index (χ1v) is 11.3. The van der Waals surface area contributed by atoms with E-state index < -0.39 is 18.3 Å². The molecule has 1 N–H and O–H groups in total. The molecule has 3 heterocycles. The first-order valence-electron chi connectivity index (χ1n) is 11.3. The highest BCUT2D eigenvalue weighted by molar-refractivity contribution is 5.99. The molecule has 3 aromatic rings. The van der Waals surface area contributed by atoms with E-state index in [1.807, 2.05) is 24.3 Å². The largest absolute Gasteiger partial charge is 0.493 e. The number of nitrogens with zero attached hydrogens (tertiary/aromatic N) is 3. The Morgan fingerprint density at radius 1 is 1.09 bits per heavy atom. The third-order valence-corrected chi connectivity index (χ3v) is 6.70. The number of halogens is 3. The number of rotatable bonds is 4. The average Bonchev–Trinajstić information content (AvgIpc) is 3.30. The topological polar surface area (TPSA) is 68.6 Å². The lowest BCUT2D eigenvalue weighted by Gasteiger charge is -2.35. The van der Waals surface area contributed by atoms with Crippen molar-refractivity contribution in [3.05, 3.63) is 70.9 Å². The summed E-state index contributed by atoms with van der Waals surface area (Å²) in [6.07, 6.45) is -2.89. The highest BCUT2D eigenvalue weighted by Crippen LogP contribution is 2.45. The van der Waals surface area contributed by atoms with Gasteiger partial charge >= 0.3 is 6.18 Å². The van der Waals surface area contributed by atoms with Gasteiger partial charge in [0.25, 0.3) is 5.91 Å². The van der Waals surface area contributed by atoms with Gasteiger partial charge in [-0.2, -0.15) is 18.3 Å². The smallest absolute Gasteiger partial charge is 0.410 e. The molecule has 0 fully saturated rings. The van der Waals surface area contributed by atoms with Crippen LogP contribution in [0, 0.1) is 0 Å². The van der Waals surface area contributed by atoms with E-state index in [-0.39, 0.29) is 23.7 Å². The molecule has 2 aliphatic heterocycles. The number of fused-ring (bicyclic) bond motifs is 2. The molecule has 5 rings (SSSR count). The molecule has 7 nitrogen and oxygen atoms in total. The van der Waals surface area contributed by atoms with Gasteiger partial charge in [-0.25, -0.2) is 4.68 Å². The van der Waals surface area contributed by atoms with Crippen LogP contribution in [0.1, 0.15) is 45.6 Å². The van der Waals surface area contributed by atoms with Crippen LogP contribution in [0.2, 0.25) is 0 Å². The van der Waals surface area contributed by atoms with Crippen molar-refractivity contribution in [2.75, 3.05) is 26.1 Å². The van der Waals surface area contributed by atoms with E-state index >= 15 is 0 Å². The molecule has 0 bridgehead atoms. The summed E-state index contributed by atoms with van der Waals surface area (Å²) in [5.41, 5.74) is 2.94. The van der Waals surface area contributed by atoms with Gasteiger partial charge in [-0.1, -0.05) is 30.3 Å². The van der Waals surface area contributed by atoms with Gasteiger partial charge in [0.1, 0.15) is 11.4 Å². The van der Waals surface area contributed by atoms with E-state index in [0.717, 1.165) is 10.2 Å². The van der Waals surface area contributed by atoms with Crippen LogP contribution in [0.25, 0.3) is 0 Å². The van der Waals surface area contributed by atoms with E-state index in [0.29, 0.717) is 36.6 Å². The molecule has 2 unspecified atom stereocenters. The summed E-state index contributed by atoms with van der Waals surface area (Å²) in [7, 11) is 2.96. The van der Waals surface area contributed by atoms with E-state index in [4.69, 9.17) is 9.47 Å². The van der Waals surface area contributed by atoms with E-state index in [1.54, 1.807) is 23.1 Å². The van der Waals surface area contributed by atoms with Gasteiger partial charge < -0.3 is 19.7 Å². The van der Waals surface area contributed by atoms with Gasteiger partial charge in [0.2, 0.25) is 0 Å². The molecule has 0 saturated heterocycles. The van der Waals surface area contributed by atoms with E-state index in [1.165, 1.54) is 26.0 Å². The maximum atomic E-state index is 14.1. The number of amides is 1. The molecule has 1 amide bonds. The Hall–Kier alpha value is -3.69. The minimum Gasteiger partial charge on any atom is -0.493 e. The van der Waals surface area contributed by atoms with E-state index in [9.17, 15) is 18.0 Å². The van der Waals surface area contributed by atoms with Gasteiger partial charge in [-0.3, -0.25) is 4.79 Å². The second-order valence-electron chi connectivity index (χ2n) is 8.70. The van der Waals surface area contributed by atoms with Crippen molar-refractivity contribution in [3.8, 4) is 11.5 Å². The van der Waals surface area contributed by atoms with Crippen LogP contribution in [0.4, 0.5) is 19.0 Å². The molecule has 0 spiro atoms. The van der Waals surface area contributed by atoms with Crippen molar-refractivity contribution in [3.63, 3.8) is 0 Å². The number of carbonyl (C=O) groups is 1. The molecule has 184 valence electrons. The minimum absolute atomic E-state index is 0.0715. The molecule has 2 aliphatic rings. The van der Waals surface area contributed by atoms with Crippen molar-refractivity contribution in [2.45, 2.75) is 37.6 Å². The molecule has 10 heteroatoms. The van der Waals surface area contributed by atoms with Gasteiger partial charge in [-0.05, 0) is 35.2 Å². The van der Waals surface area contributed by atoms with E-state index in [2.05, 4.69) is 10.4 Å². The van der Waals surface area contributed by atoms with Crippen molar-refractivity contribution in [1.82, 2.24) is 14.7 Å². The molecule has 1 aromatic heterocycles. The van der Waals surface area contributed by atoms with Crippen molar-refractivity contribution >= 4 is 11.7 Å². The fourth-order valence-corrected chi connectivity index (χ4v) is 4.85. The number of alkyl halides is 3. The summed E-state index contributed by atoms with van der Waals surface area (Å²) in [4.78, 5) is 15.1. The lowest BCUT2D eigenvalue weighted by atomic mass is 9.96. The Bertz CT molecular complexity index is 1260. The number of hydrogen-bond acceptors (Lipinski definition) is 5. The normalized spacial score (nSPS) is 19.4. The highest BCUT2D eigenvalue weighted by atomic mass is 19.4. The summed E-state index contributed by atoms with van der Waals surface area (Å²) in [5, 5.41) is 7.14. The predicted octanol–water partition coefficient (Wildman–Crippen LogP) is 4.76. The van der Waals surface area contributed by atoms with Crippen LogP contribution >= 0.6 is 0 Å². The van der Waals surface area contributed by atoms with Crippen LogP contribution < -0.4 is 14.8 Å². The first-order chi connectivity index (χ1) is 16.8. The number of carbonyl (C=O) groups excluding carboxylic acids is 1. The van der Waals surface area contributed by atoms with Crippen LogP contribution in [-0.4, -0.2) is 47.5 Å². The molecular formula is C25H25F3N4O3.